The molecule has 0 atom stereocenters. The Morgan fingerprint density at radius 2 is 1.22 bits per heavy atom. The number of benzene rings is 7. The van der Waals surface area contributed by atoms with Crippen LogP contribution in [0.3, 0.4) is 0 Å². The fourth-order valence-electron chi connectivity index (χ4n) is 7.45. The van der Waals surface area contributed by atoms with E-state index in [0.29, 0.717) is 0 Å². The molecule has 238 valence electrons. The molecule has 2 heterocycles. The maximum absolute atomic E-state index is 6.39. The first-order valence-electron chi connectivity index (χ1n) is 17.0. The van der Waals surface area contributed by atoms with Crippen molar-refractivity contribution in [2.24, 2.45) is 0 Å². The molecule has 0 radical (unpaired) electrons. The largest absolute Gasteiger partial charge is 0.461 e. The Balaban J connectivity index is 1.35. The molecule has 0 spiro atoms. The Morgan fingerprint density at radius 3 is 1.98 bits per heavy atom. The number of aromatic nitrogens is 1. The van der Waals surface area contributed by atoms with E-state index in [1.54, 1.807) is 6.08 Å². The second-order valence-corrected chi connectivity index (χ2v) is 12.6. The number of allylic oxidation sites excluding steroid dienone is 2. The van der Waals surface area contributed by atoms with Crippen LogP contribution in [0.2, 0.25) is 0 Å². The van der Waals surface area contributed by atoms with E-state index in [1.807, 2.05) is 13.0 Å². The molecule has 0 aliphatic heterocycles. The van der Waals surface area contributed by atoms with E-state index in [2.05, 4.69) is 180 Å². The molecule has 3 heteroatoms. The highest BCUT2D eigenvalue weighted by molar-refractivity contribution is 6.24. The number of hydrogen-bond acceptors (Lipinski definition) is 2. The average Bonchev–Trinajstić information content (AvgIpc) is 3.68. The molecule has 0 fully saturated rings. The molecule has 0 aliphatic carbocycles. The maximum atomic E-state index is 6.39. The summed E-state index contributed by atoms with van der Waals surface area (Å²) in [4.78, 5) is 2.38. The number of aryl methyl sites for hydroxylation is 1. The van der Waals surface area contributed by atoms with Gasteiger partial charge in [-0.05, 0) is 72.0 Å². The third-order valence-electron chi connectivity index (χ3n) is 9.70. The summed E-state index contributed by atoms with van der Waals surface area (Å²) in [7, 11) is 0. The summed E-state index contributed by atoms with van der Waals surface area (Å²) in [5.74, 6) is 0.883. The van der Waals surface area contributed by atoms with Gasteiger partial charge in [-0.25, -0.2) is 0 Å². The number of rotatable bonds is 7. The van der Waals surface area contributed by atoms with Crippen LogP contribution in [0.4, 0.5) is 17.1 Å². The van der Waals surface area contributed by atoms with Gasteiger partial charge in [-0.3, -0.25) is 0 Å². The summed E-state index contributed by atoms with van der Waals surface area (Å²) in [6.45, 7) is 5.88. The van der Waals surface area contributed by atoms with Crippen molar-refractivity contribution in [3.8, 4) is 16.8 Å². The monoisotopic (exact) mass is 642 g/mol. The van der Waals surface area contributed by atoms with Crippen LogP contribution < -0.4 is 4.90 Å². The standard InChI is InChI=1S/C47H34N2O/c1-3-4-19-38-32(2)50-46-30-37(28-29-40(38)46)48(36-26-24-34(25-27-36)33-15-7-5-8-16-33)44-31-45-47(41-21-12-11-20-39(41)44)42-22-13-14-23-43(42)49(45)35-17-9-6-10-18-35/h3-31H,1H2,2H3/b19-4-. The van der Waals surface area contributed by atoms with Crippen LogP contribution in [0, 0.1) is 6.92 Å². The smallest absolute Gasteiger partial charge is 0.136 e. The molecule has 9 aromatic rings. The molecule has 9 rings (SSSR count). The van der Waals surface area contributed by atoms with Gasteiger partial charge >= 0.3 is 0 Å². The summed E-state index contributed by atoms with van der Waals surface area (Å²) >= 11 is 0. The minimum atomic E-state index is 0.846. The highest BCUT2D eigenvalue weighted by Crippen LogP contribution is 2.46. The van der Waals surface area contributed by atoms with Gasteiger partial charge in [0.05, 0.1) is 16.7 Å². The molecule has 2 aromatic heterocycles. The predicted octanol–water partition coefficient (Wildman–Crippen LogP) is 13.3. The first kappa shape index (κ1) is 29.6. The molecule has 0 saturated carbocycles. The minimum Gasteiger partial charge on any atom is -0.461 e. The molecule has 0 saturated heterocycles. The number of anilines is 3. The zero-order valence-corrected chi connectivity index (χ0v) is 27.8. The first-order valence-corrected chi connectivity index (χ1v) is 17.0. The van der Waals surface area contributed by atoms with Crippen LogP contribution in [0.25, 0.3) is 66.4 Å². The number of furan rings is 1. The quantitative estimate of drug-likeness (QED) is 0.161. The summed E-state index contributed by atoms with van der Waals surface area (Å²) < 4.78 is 8.79. The molecule has 0 bridgehead atoms. The molecular weight excluding hydrogens is 609 g/mol. The molecule has 3 nitrogen and oxygen atoms in total. The lowest BCUT2D eigenvalue weighted by atomic mass is 10.00. The Bertz CT molecular complexity index is 2710. The topological polar surface area (TPSA) is 21.3 Å². The van der Waals surface area contributed by atoms with Crippen molar-refractivity contribution in [1.82, 2.24) is 4.57 Å². The van der Waals surface area contributed by atoms with E-state index < -0.39 is 0 Å². The van der Waals surface area contributed by atoms with E-state index in [1.165, 1.54) is 38.2 Å². The SMILES string of the molecule is C=C/C=C\c1c(C)oc2cc(N(c3ccc(-c4ccccc4)cc3)c3cc4c(c5ccccc35)c3ccccc3n4-c3ccccc3)ccc12. The van der Waals surface area contributed by atoms with Crippen LogP contribution in [0.1, 0.15) is 11.3 Å². The van der Waals surface area contributed by atoms with Gasteiger partial charge in [0.25, 0.3) is 0 Å². The Kier molecular flexibility index (Phi) is 7.18. The van der Waals surface area contributed by atoms with Crippen LogP contribution in [0.15, 0.2) is 181 Å². The molecule has 0 unspecified atom stereocenters. The van der Waals surface area contributed by atoms with Gasteiger partial charge in [0.15, 0.2) is 0 Å². The summed E-state index contributed by atoms with van der Waals surface area (Å²) in [6.07, 6.45) is 5.82. The van der Waals surface area contributed by atoms with Crippen molar-refractivity contribution in [3.05, 3.63) is 188 Å². The first-order chi connectivity index (χ1) is 24.7. The summed E-state index contributed by atoms with van der Waals surface area (Å²) in [6, 6.07) is 56.5. The average molecular weight is 643 g/mol. The predicted molar refractivity (Wildman–Crippen MR) is 212 cm³/mol. The molecule has 50 heavy (non-hydrogen) atoms. The molecule has 0 amide bonds. The van der Waals surface area contributed by atoms with Crippen molar-refractivity contribution in [1.29, 1.82) is 0 Å². The number of hydrogen-bond donors (Lipinski definition) is 0. The third kappa shape index (κ3) is 4.83. The van der Waals surface area contributed by atoms with Gasteiger partial charge in [-0.2, -0.15) is 0 Å². The third-order valence-corrected chi connectivity index (χ3v) is 9.70. The lowest BCUT2D eigenvalue weighted by Gasteiger charge is -2.27. The van der Waals surface area contributed by atoms with Gasteiger partial charge in [0.1, 0.15) is 11.3 Å². The van der Waals surface area contributed by atoms with E-state index >= 15 is 0 Å². The summed E-state index contributed by atoms with van der Waals surface area (Å²) in [5.41, 5.74) is 10.9. The number of para-hydroxylation sites is 2. The normalized spacial score (nSPS) is 11.7. The lowest BCUT2D eigenvalue weighted by molar-refractivity contribution is 0.577. The van der Waals surface area contributed by atoms with Crippen molar-refractivity contribution in [2.75, 3.05) is 4.90 Å². The van der Waals surface area contributed by atoms with Crippen molar-refractivity contribution in [3.63, 3.8) is 0 Å². The lowest BCUT2D eigenvalue weighted by Crippen LogP contribution is -2.11. The molecule has 7 aromatic carbocycles. The van der Waals surface area contributed by atoms with E-state index in [0.717, 1.165) is 50.6 Å². The minimum absolute atomic E-state index is 0.846. The van der Waals surface area contributed by atoms with E-state index in [9.17, 15) is 0 Å². The van der Waals surface area contributed by atoms with Gasteiger partial charge < -0.3 is 13.9 Å². The summed E-state index contributed by atoms with van der Waals surface area (Å²) in [5, 5.41) is 5.95. The van der Waals surface area contributed by atoms with Crippen LogP contribution in [0.5, 0.6) is 0 Å². The molecule has 0 aliphatic rings. The van der Waals surface area contributed by atoms with Crippen molar-refractivity contribution < 1.29 is 4.42 Å². The van der Waals surface area contributed by atoms with Crippen molar-refractivity contribution in [2.45, 2.75) is 6.92 Å². The van der Waals surface area contributed by atoms with Gasteiger partial charge in [-0.1, -0.05) is 128 Å². The molecule has 0 N–H and O–H groups in total. The van der Waals surface area contributed by atoms with E-state index in [4.69, 9.17) is 4.42 Å². The zero-order chi connectivity index (χ0) is 33.6. The second-order valence-electron chi connectivity index (χ2n) is 12.6. The fourth-order valence-corrected chi connectivity index (χ4v) is 7.45. The Labute approximate surface area is 291 Å². The highest BCUT2D eigenvalue weighted by Gasteiger charge is 2.22. The second kappa shape index (κ2) is 12.1. The van der Waals surface area contributed by atoms with Crippen LogP contribution in [-0.4, -0.2) is 4.57 Å². The number of fused-ring (bicyclic) bond motifs is 6. The fraction of sp³-hybridized carbons (Fsp3) is 0.0213. The van der Waals surface area contributed by atoms with Gasteiger partial charge in [-0.15, -0.1) is 0 Å². The van der Waals surface area contributed by atoms with Crippen LogP contribution >= 0.6 is 0 Å². The van der Waals surface area contributed by atoms with Gasteiger partial charge in [0.2, 0.25) is 0 Å². The van der Waals surface area contributed by atoms with Gasteiger partial charge in [0, 0.05) is 50.2 Å². The Morgan fingerprint density at radius 1 is 0.580 bits per heavy atom. The zero-order valence-electron chi connectivity index (χ0n) is 27.8. The van der Waals surface area contributed by atoms with E-state index in [-0.39, 0.29) is 0 Å². The maximum Gasteiger partial charge on any atom is 0.136 e. The van der Waals surface area contributed by atoms with Crippen molar-refractivity contribution >= 4 is 66.7 Å². The number of nitrogens with zero attached hydrogens (tertiary/aromatic N) is 2. The van der Waals surface area contributed by atoms with Crippen LogP contribution in [-0.2, 0) is 0 Å². The molecular formula is C47H34N2O. The highest BCUT2D eigenvalue weighted by atomic mass is 16.3. The Hall–Kier alpha value is -6.58.